The van der Waals surface area contributed by atoms with Crippen LogP contribution in [0.25, 0.3) is 0 Å². The lowest BCUT2D eigenvalue weighted by molar-refractivity contribution is 0.102. The van der Waals surface area contributed by atoms with Crippen molar-refractivity contribution in [3.8, 4) is 11.5 Å². The van der Waals surface area contributed by atoms with Gasteiger partial charge in [-0.3, -0.25) is 4.79 Å². The van der Waals surface area contributed by atoms with Gasteiger partial charge in [0.1, 0.15) is 11.5 Å². The lowest BCUT2D eigenvalue weighted by Gasteiger charge is -2.13. The van der Waals surface area contributed by atoms with Crippen molar-refractivity contribution in [2.24, 2.45) is 0 Å². The second-order valence-corrected chi connectivity index (χ2v) is 5.26. The summed E-state index contributed by atoms with van der Waals surface area (Å²) in [5, 5.41) is 13.3. The molecule has 2 rings (SSSR count). The van der Waals surface area contributed by atoms with E-state index >= 15 is 0 Å². The lowest BCUT2D eigenvalue weighted by atomic mass is 10.1. The summed E-state index contributed by atoms with van der Waals surface area (Å²) in [6, 6.07) is 7.60. The van der Waals surface area contributed by atoms with Gasteiger partial charge in [0, 0.05) is 16.1 Å². The van der Waals surface area contributed by atoms with E-state index in [4.69, 9.17) is 27.9 Å². The smallest absolute Gasteiger partial charge is 0.259 e. The number of hydrogen-bond donors (Lipinski definition) is 2. The molecule has 0 aliphatic heterocycles. The van der Waals surface area contributed by atoms with Crippen molar-refractivity contribution in [1.29, 1.82) is 0 Å². The Kier molecular flexibility index (Phi) is 4.60. The highest BCUT2D eigenvalue weighted by molar-refractivity contribution is 6.31. The van der Waals surface area contributed by atoms with Crippen LogP contribution in [-0.2, 0) is 0 Å². The molecular weight excluding hydrogens is 313 g/mol. The van der Waals surface area contributed by atoms with E-state index in [1.165, 1.54) is 25.3 Å². The average molecular weight is 326 g/mol. The number of phenols is 1. The number of rotatable bonds is 3. The summed E-state index contributed by atoms with van der Waals surface area (Å²) in [6.07, 6.45) is 0. The van der Waals surface area contributed by atoms with Crippen LogP contribution in [0.1, 0.15) is 15.9 Å². The van der Waals surface area contributed by atoms with Gasteiger partial charge in [0.05, 0.1) is 18.4 Å². The van der Waals surface area contributed by atoms with E-state index in [1.807, 2.05) is 6.92 Å². The molecule has 6 heteroatoms. The fraction of sp³-hybridized carbons (Fsp3) is 0.133. The Morgan fingerprint density at radius 2 is 1.95 bits per heavy atom. The molecule has 0 bridgehead atoms. The molecule has 2 aromatic rings. The number of hydrogen-bond acceptors (Lipinski definition) is 3. The molecule has 0 aromatic heterocycles. The first-order valence-electron chi connectivity index (χ1n) is 6.06. The van der Waals surface area contributed by atoms with Crippen LogP contribution in [-0.4, -0.2) is 18.1 Å². The minimum atomic E-state index is -0.468. The van der Waals surface area contributed by atoms with Crippen molar-refractivity contribution < 1.29 is 14.6 Å². The zero-order valence-electron chi connectivity index (χ0n) is 11.4. The van der Waals surface area contributed by atoms with Crippen molar-refractivity contribution in [2.75, 3.05) is 12.4 Å². The second kappa shape index (κ2) is 6.24. The minimum Gasteiger partial charge on any atom is -0.507 e. The Hall–Kier alpha value is -1.91. The highest BCUT2D eigenvalue weighted by Gasteiger charge is 2.15. The van der Waals surface area contributed by atoms with Crippen LogP contribution in [0.2, 0.25) is 10.0 Å². The van der Waals surface area contributed by atoms with Gasteiger partial charge in [-0.15, -0.1) is 0 Å². The quantitative estimate of drug-likeness (QED) is 0.886. The number of carbonyl (C=O) groups is 1. The second-order valence-electron chi connectivity index (χ2n) is 4.42. The molecule has 0 saturated carbocycles. The number of aryl methyl sites for hydroxylation is 1. The van der Waals surface area contributed by atoms with E-state index in [0.29, 0.717) is 21.5 Å². The van der Waals surface area contributed by atoms with Crippen LogP contribution in [0.3, 0.4) is 0 Å². The Balaban J connectivity index is 2.33. The number of phenolic OH excluding ortho intramolecular Hbond substituents is 1. The van der Waals surface area contributed by atoms with Gasteiger partial charge in [0.25, 0.3) is 5.91 Å². The fourth-order valence-electron chi connectivity index (χ4n) is 1.82. The summed E-state index contributed by atoms with van der Waals surface area (Å²) >= 11 is 11.8. The molecule has 0 aliphatic rings. The van der Waals surface area contributed by atoms with Crippen molar-refractivity contribution in [2.45, 2.75) is 6.92 Å². The number of methoxy groups -OCH3 is 1. The largest absolute Gasteiger partial charge is 0.507 e. The maximum atomic E-state index is 12.2. The summed E-state index contributed by atoms with van der Waals surface area (Å²) in [7, 11) is 1.48. The van der Waals surface area contributed by atoms with Crippen LogP contribution in [0, 0.1) is 6.92 Å². The molecule has 0 atom stereocenters. The van der Waals surface area contributed by atoms with Gasteiger partial charge in [-0.1, -0.05) is 23.2 Å². The maximum Gasteiger partial charge on any atom is 0.259 e. The first-order chi connectivity index (χ1) is 9.92. The zero-order chi connectivity index (χ0) is 15.6. The minimum absolute atomic E-state index is 0.119. The van der Waals surface area contributed by atoms with Crippen molar-refractivity contribution >= 4 is 34.8 Å². The van der Waals surface area contributed by atoms with Crippen LogP contribution in [0.5, 0.6) is 11.5 Å². The van der Waals surface area contributed by atoms with Gasteiger partial charge in [-0.2, -0.15) is 0 Å². The Bertz CT molecular complexity index is 702. The third kappa shape index (κ3) is 3.40. The number of nitrogens with one attached hydrogen (secondary N) is 1. The topological polar surface area (TPSA) is 58.6 Å². The molecule has 0 fully saturated rings. The van der Waals surface area contributed by atoms with E-state index in [0.717, 1.165) is 5.56 Å². The highest BCUT2D eigenvalue weighted by Crippen LogP contribution is 2.32. The highest BCUT2D eigenvalue weighted by atomic mass is 35.5. The summed E-state index contributed by atoms with van der Waals surface area (Å²) in [4.78, 5) is 12.2. The zero-order valence-corrected chi connectivity index (χ0v) is 12.9. The van der Waals surface area contributed by atoms with Crippen LogP contribution < -0.4 is 10.1 Å². The molecular formula is C15H13Cl2NO3. The van der Waals surface area contributed by atoms with Crippen LogP contribution in [0.4, 0.5) is 5.69 Å². The predicted octanol–water partition coefficient (Wildman–Crippen LogP) is 4.27. The molecule has 0 aliphatic carbocycles. The summed E-state index contributed by atoms with van der Waals surface area (Å²) in [5.41, 5.74) is 1.39. The molecule has 2 N–H and O–H groups in total. The van der Waals surface area contributed by atoms with Crippen molar-refractivity contribution in [3.63, 3.8) is 0 Å². The molecule has 0 heterocycles. The van der Waals surface area contributed by atoms with Gasteiger partial charge in [-0.25, -0.2) is 0 Å². The number of ether oxygens (including phenoxy) is 1. The Morgan fingerprint density at radius 3 is 2.57 bits per heavy atom. The summed E-state index contributed by atoms with van der Waals surface area (Å²) in [5.74, 6) is -0.221. The first-order valence-corrected chi connectivity index (χ1v) is 6.82. The molecule has 4 nitrogen and oxygen atoms in total. The first kappa shape index (κ1) is 15.5. The molecule has 0 radical (unpaired) electrons. The van der Waals surface area contributed by atoms with Crippen molar-refractivity contribution in [1.82, 2.24) is 0 Å². The van der Waals surface area contributed by atoms with Crippen LogP contribution in [0.15, 0.2) is 30.3 Å². The van der Waals surface area contributed by atoms with E-state index in [1.54, 1.807) is 12.1 Å². The van der Waals surface area contributed by atoms with Gasteiger partial charge in [0.15, 0.2) is 0 Å². The maximum absolute atomic E-state index is 12.2. The lowest BCUT2D eigenvalue weighted by Crippen LogP contribution is -2.13. The number of carbonyl (C=O) groups excluding carboxylic acids is 1. The fourth-order valence-corrected chi connectivity index (χ4v) is 2.14. The van der Waals surface area contributed by atoms with E-state index in [2.05, 4.69) is 5.32 Å². The monoisotopic (exact) mass is 325 g/mol. The Labute approximate surface area is 132 Å². The predicted molar refractivity (Wildman–Crippen MR) is 83.8 cm³/mol. The van der Waals surface area contributed by atoms with Gasteiger partial charge in [0.2, 0.25) is 0 Å². The summed E-state index contributed by atoms with van der Waals surface area (Å²) in [6.45, 7) is 1.82. The number of aromatic hydroxyl groups is 1. The third-order valence-corrected chi connectivity index (χ3v) is 3.58. The molecule has 0 unspecified atom stereocenters. The SMILES string of the molecule is COc1cc(Cl)c(C)cc1NC(=O)c1ccc(Cl)cc1O. The normalized spacial score (nSPS) is 10.3. The third-order valence-electron chi connectivity index (χ3n) is 2.93. The van der Waals surface area contributed by atoms with Crippen molar-refractivity contribution in [3.05, 3.63) is 51.5 Å². The molecule has 110 valence electrons. The van der Waals surface area contributed by atoms with E-state index in [-0.39, 0.29) is 11.3 Å². The van der Waals surface area contributed by atoms with E-state index in [9.17, 15) is 9.90 Å². The molecule has 2 aromatic carbocycles. The number of benzene rings is 2. The average Bonchev–Trinajstić information content (AvgIpc) is 2.42. The molecule has 0 saturated heterocycles. The molecule has 1 amide bonds. The Morgan fingerprint density at radius 1 is 1.24 bits per heavy atom. The number of anilines is 1. The van der Waals surface area contributed by atoms with Gasteiger partial charge < -0.3 is 15.2 Å². The standard InChI is InChI=1S/C15H13Cl2NO3/c1-8-5-12(14(21-2)7-11(8)17)18-15(20)10-4-3-9(16)6-13(10)19/h3-7,19H,1-2H3,(H,18,20). The van der Waals surface area contributed by atoms with Gasteiger partial charge >= 0.3 is 0 Å². The van der Waals surface area contributed by atoms with Gasteiger partial charge in [-0.05, 0) is 36.8 Å². The number of halogens is 2. The molecule has 21 heavy (non-hydrogen) atoms. The van der Waals surface area contributed by atoms with E-state index < -0.39 is 5.91 Å². The van der Waals surface area contributed by atoms with Crippen LogP contribution >= 0.6 is 23.2 Å². The molecule has 0 spiro atoms. The number of amides is 1. The summed E-state index contributed by atoms with van der Waals surface area (Å²) < 4.78 is 5.18.